The lowest BCUT2D eigenvalue weighted by Gasteiger charge is -2.31. The molecule has 1 heterocycles. The fourth-order valence-electron chi connectivity index (χ4n) is 2.86. The summed E-state index contributed by atoms with van der Waals surface area (Å²) in [5.41, 5.74) is 0. The van der Waals surface area contributed by atoms with Crippen molar-refractivity contribution in [1.82, 2.24) is 5.32 Å². The van der Waals surface area contributed by atoms with Gasteiger partial charge in [0.1, 0.15) is 0 Å². The fraction of sp³-hybridized carbons (Fsp3) is 1.00. The largest absolute Gasteiger partial charge is 0.396 e. The summed E-state index contributed by atoms with van der Waals surface area (Å²) in [6.45, 7) is 1.59. The van der Waals surface area contributed by atoms with Crippen LogP contribution in [-0.4, -0.2) is 24.3 Å². The summed E-state index contributed by atoms with van der Waals surface area (Å²) < 4.78 is 0. The second kappa shape index (κ2) is 5.13. The molecule has 0 spiro atoms. The van der Waals surface area contributed by atoms with Crippen molar-refractivity contribution in [2.45, 2.75) is 51.0 Å². The van der Waals surface area contributed by atoms with E-state index in [4.69, 9.17) is 5.11 Å². The van der Waals surface area contributed by atoms with E-state index in [1.807, 2.05) is 0 Å². The minimum absolute atomic E-state index is 0.371. The van der Waals surface area contributed by atoms with Crippen LogP contribution in [-0.2, 0) is 0 Å². The molecule has 1 saturated carbocycles. The maximum Gasteiger partial charge on any atom is 0.0431 e. The lowest BCUT2D eigenvalue weighted by atomic mass is 9.85. The Labute approximate surface area is 87.1 Å². The van der Waals surface area contributed by atoms with Crippen molar-refractivity contribution in [2.75, 3.05) is 13.2 Å². The molecule has 2 aliphatic rings. The van der Waals surface area contributed by atoms with Crippen molar-refractivity contribution in [3.63, 3.8) is 0 Å². The van der Waals surface area contributed by atoms with Gasteiger partial charge in [-0.05, 0) is 56.9 Å². The van der Waals surface area contributed by atoms with Crippen molar-refractivity contribution in [2.24, 2.45) is 11.8 Å². The Balaban J connectivity index is 1.81. The van der Waals surface area contributed by atoms with E-state index in [1.54, 1.807) is 0 Å². The highest BCUT2D eigenvalue weighted by atomic mass is 16.2. The minimum atomic E-state index is 0.371. The molecule has 2 heteroatoms. The zero-order valence-electron chi connectivity index (χ0n) is 9.04. The molecular weight excluding hydrogens is 174 g/mol. The number of nitrogens with one attached hydrogen (secondary N) is 1. The molecule has 2 fully saturated rings. The first kappa shape index (κ1) is 10.4. The lowest BCUT2D eigenvalue weighted by molar-refractivity contribution is 0.221. The number of hydrogen-bond acceptors (Lipinski definition) is 2. The number of aliphatic hydroxyl groups is 1. The standard InChI is InChI=1S/C12H23NO/c14-9-3-4-11(10-6-7-10)12-5-1-2-8-13-12/h10-14H,1-9H2. The van der Waals surface area contributed by atoms with Gasteiger partial charge in [-0.15, -0.1) is 0 Å². The van der Waals surface area contributed by atoms with Crippen LogP contribution < -0.4 is 5.32 Å². The van der Waals surface area contributed by atoms with Crippen molar-refractivity contribution < 1.29 is 5.11 Å². The third-order valence-electron chi connectivity index (χ3n) is 3.79. The van der Waals surface area contributed by atoms with Crippen LogP contribution in [0.1, 0.15) is 44.9 Å². The highest BCUT2D eigenvalue weighted by molar-refractivity contribution is 4.90. The number of hydrogen-bond donors (Lipinski definition) is 2. The monoisotopic (exact) mass is 197 g/mol. The molecule has 14 heavy (non-hydrogen) atoms. The van der Waals surface area contributed by atoms with Gasteiger partial charge in [0, 0.05) is 12.6 Å². The summed E-state index contributed by atoms with van der Waals surface area (Å²) in [5, 5.41) is 12.6. The molecule has 2 atom stereocenters. The van der Waals surface area contributed by atoms with E-state index in [0.717, 1.165) is 24.3 Å². The van der Waals surface area contributed by atoms with Gasteiger partial charge in [-0.25, -0.2) is 0 Å². The Hall–Kier alpha value is -0.0800. The van der Waals surface area contributed by atoms with Gasteiger partial charge in [0.15, 0.2) is 0 Å². The molecule has 2 N–H and O–H groups in total. The van der Waals surface area contributed by atoms with Gasteiger partial charge in [0.25, 0.3) is 0 Å². The first-order chi connectivity index (χ1) is 6.92. The van der Waals surface area contributed by atoms with Crippen LogP contribution in [0.5, 0.6) is 0 Å². The molecule has 82 valence electrons. The third kappa shape index (κ3) is 2.71. The van der Waals surface area contributed by atoms with Gasteiger partial charge in [0.2, 0.25) is 0 Å². The van der Waals surface area contributed by atoms with Gasteiger partial charge < -0.3 is 10.4 Å². The molecular formula is C12H23NO. The maximum absolute atomic E-state index is 8.90. The minimum Gasteiger partial charge on any atom is -0.396 e. The summed E-state index contributed by atoms with van der Waals surface area (Å²) in [6, 6.07) is 0.766. The van der Waals surface area contributed by atoms with Crippen molar-refractivity contribution in [1.29, 1.82) is 0 Å². The molecule has 0 bridgehead atoms. The summed E-state index contributed by atoms with van der Waals surface area (Å²) in [4.78, 5) is 0. The molecule has 0 aromatic heterocycles. The Morgan fingerprint density at radius 2 is 2.07 bits per heavy atom. The number of piperidine rings is 1. The predicted octanol–water partition coefficient (Wildman–Crippen LogP) is 1.93. The smallest absolute Gasteiger partial charge is 0.0431 e. The normalized spacial score (nSPS) is 30.2. The Morgan fingerprint density at radius 1 is 1.21 bits per heavy atom. The first-order valence-electron chi connectivity index (χ1n) is 6.26. The van der Waals surface area contributed by atoms with E-state index in [1.165, 1.54) is 45.1 Å². The summed E-state index contributed by atoms with van der Waals surface area (Å²) in [6.07, 6.45) is 9.24. The van der Waals surface area contributed by atoms with Crippen LogP contribution in [0.4, 0.5) is 0 Å². The fourth-order valence-corrected chi connectivity index (χ4v) is 2.86. The van der Waals surface area contributed by atoms with Crippen molar-refractivity contribution in [3.8, 4) is 0 Å². The third-order valence-corrected chi connectivity index (χ3v) is 3.79. The summed E-state index contributed by atoms with van der Waals surface area (Å²) in [7, 11) is 0. The highest BCUT2D eigenvalue weighted by Crippen LogP contribution is 2.42. The SMILES string of the molecule is OCCCC(C1CC1)C1CCCCN1. The van der Waals surface area contributed by atoms with Crippen LogP contribution in [0.2, 0.25) is 0 Å². The van der Waals surface area contributed by atoms with E-state index < -0.39 is 0 Å². The topological polar surface area (TPSA) is 32.3 Å². The van der Waals surface area contributed by atoms with Crippen molar-refractivity contribution >= 4 is 0 Å². The summed E-state index contributed by atoms with van der Waals surface area (Å²) in [5.74, 6) is 1.85. The molecule has 0 aromatic carbocycles. The van der Waals surface area contributed by atoms with Gasteiger partial charge in [-0.2, -0.15) is 0 Å². The van der Waals surface area contributed by atoms with Gasteiger partial charge in [-0.3, -0.25) is 0 Å². The Bertz CT molecular complexity index is 162. The van der Waals surface area contributed by atoms with Crippen LogP contribution in [0, 0.1) is 11.8 Å². The molecule has 2 unspecified atom stereocenters. The van der Waals surface area contributed by atoms with Gasteiger partial charge in [-0.1, -0.05) is 6.42 Å². The Kier molecular flexibility index (Phi) is 3.82. The van der Waals surface area contributed by atoms with Crippen LogP contribution in [0.15, 0.2) is 0 Å². The molecule has 0 radical (unpaired) electrons. The predicted molar refractivity (Wildman–Crippen MR) is 58.2 cm³/mol. The van der Waals surface area contributed by atoms with E-state index in [2.05, 4.69) is 5.32 Å². The molecule has 1 aliphatic carbocycles. The summed E-state index contributed by atoms with van der Waals surface area (Å²) >= 11 is 0. The molecule has 2 rings (SSSR count). The van der Waals surface area contributed by atoms with Gasteiger partial charge >= 0.3 is 0 Å². The van der Waals surface area contributed by atoms with E-state index >= 15 is 0 Å². The molecule has 2 nitrogen and oxygen atoms in total. The number of rotatable bonds is 5. The average molecular weight is 197 g/mol. The van der Waals surface area contributed by atoms with Crippen LogP contribution in [0.25, 0.3) is 0 Å². The highest BCUT2D eigenvalue weighted by Gasteiger charge is 2.36. The van der Waals surface area contributed by atoms with Gasteiger partial charge in [0.05, 0.1) is 0 Å². The first-order valence-corrected chi connectivity index (χ1v) is 6.26. The zero-order chi connectivity index (χ0) is 9.80. The second-order valence-electron chi connectivity index (χ2n) is 4.92. The second-order valence-corrected chi connectivity index (χ2v) is 4.92. The molecule has 0 amide bonds. The van der Waals surface area contributed by atoms with Crippen LogP contribution >= 0.6 is 0 Å². The van der Waals surface area contributed by atoms with E-state index in [9.17, 15) is 0 Å². The van der Waals surface area contributed by atoms with E-state index in [-0.39, 0.29) is 0 Å². The molecule has 1 aliphatic heterocycles. The molecule has 0 aromatic rings. The number of aliphatic hydroxyl groups excluding tert-OH is 1. The zero-order valence-corrected chi connectivity index (χ0v) is 9.04. The lowest BCUT2D eigenvalue weighted by Crippen LogP contribution is -2.40. The van der Waals surface area contributed by atoms with E-state index in [0.29, 0.717) is 6.61 Å². The van der Waals surface area contributed by atoms with Crippen molar-refractivity contribution in [3.05, 3.63) is 0 Å². The average Bonchev–Trinajstić information content (AvgIpc) is 3.04. The molecule has 1 saturated heterocycles. The van der Waals surface area contributed by atoms with Crippen LogP contribution in [0.3, 0.4) is 0 Å². The quantitative estimate of drug-likeness (QED) is 0.706. The Morgan fingerprint density at radius 3 is 2.64 bits per heavy atom. The maximum atomic E-state index is 8.90.